The van der Waals surface area contributed by atoms with Crippen LogP contribution in [0.3, 0.4) is 0 Å². The average molecular weight is 479 g/mol. The normalized spacial score (nSPS) is 19.3. The van der Waals surface area contributed by atoms with Gasteiger partial charge in [0.2, 0.25) is 0 Å². The second kappa shape index (κ2) is 8.64. The number of hydrogen-bond acceptors (Lipinski definition) is 6. The van der Waals surface area contributed by atoms with Gasteiger partial charge >= 0.3 is 12.1 Å². The van der Waals surface area contributed by atoms with Crippen molar-refractivity contribution in [3.8, 4) is 11.3 Å². The molecule has 1 unspecified atom stereocenters. The minimum Gasteiger partial charge on any atom is -0.476 e. The van der Waals surface area contributed by atoms with Crippen LogP contribution in [0.2, 0.25) is 0 Å². The number of pyridine rings is 1. The lowest BCUT2D eigenvalue weighted by Gasteiger charge is -2.26. The van der Waals surface area contributed by atoms with E-state index in [-0.39, 0.29) is 11.9 Å². The van der Waals surface area contributed by atoms with Crippen molar-refractivity contribution in [1.29, 1.82) is 0 Å². The van der Waals surface area contributed by atoms with E-state index in [1.807, 2.05) is 45.0 Å². The molecule has 1 aliphatic heterocycles. The van der Waals surface area contributed by atoms with Gasteiger partial charge < -0.3 is 19.9 Å². The summed E-state index contributed by atoms with van der Waals surface area (Å²) in [6.07, 6.45) is 5.19. The quantitative estimate of drug-likeness (QED) is 0.530. The van der Waals surface area contributed by atoms with Crippen LogP contribution < -0.4 is 5.32 Å². The molecule has 0 radical (unpaired) electrons. The molecule has 1 aromatic carbocycles. The third-order valence-electron chi connectivity index (χ3n) is 6.41. The number of aromatic nitrogens is 3. The molecule has 2 aromatic heterocycles. The Hall–Kier alpha value is -3.46. The van der Waals surface area contributed by atoms with Crippen LogP contribution in [0, 0.1) is 0 Å². The van der Waals surface area contributed by atoms with Gasteiger partial charge in [-0.2, -0.15) is 5.10 Å². The first kappa shape index (κ1) is 23.3. The van der Waals surface area contributed by atoms with Crippen molar-refractivity contribution in [2.75, 3.05) is 6.61 Å². The van der Waals surface area contributed by atoms with Gasteiger partial charge in [-0.25, -0.2) is 14.3 Å². The van der Waals surface area contributed by atoms with Crippen LogP contribution in [0.4, 0.5) is 4.79 Å². The number of nitrogens with one attached hydrogen (secondary N) is 1. The number of carboxylic acid groups (broad SMARTS) is 1. The van der Waals surface area contributed by atoms with Crippen molar-refractivity contribution in [2.24, 2.45) is 0 Å². The molecule has 9 nitrogen and oxygen atoms in total. The summed E-state index contributed by atoms with van der Waals surface area (Å²) >= 11 is 0. The zero-order valence-electron chi connectivity index (χ0n) is 20.2. The van der Waals surface area contributed by atoms with Gasteiger partial charge in [0.05, 0.1) is 16.7 Å². The molecule has 3 heterocycles. The zero-order valence-corrected chi connectivity index (χ0v) is 20.2. The summed E-state index contributed by atoms with van der Waals surface area (Å²) in [6, 6.07) is 9.38. The molecular formula is C26H30N4O5. The number of carbonyl (C=O) groups is 2. The Labute approximate surface area is 203 Å². The van der Waals surface area contributed by atoms with E-state index in [4.69, 9.17) is 9.47 Å². The summed E-state index contributed by atoms with van der Waals surface area (Å²) in [5.74, 6) is -1.09. The van der Waals surface area contributed by atoms with Crippen LogP contribution in [0.25, 0.3) is 22.2 Å². The highest BCUT2D eigenvalue weighted by molar-refractivity contribution is 5.91. The number of nitrogens with zero attached hydrogens (tertiary/aromatic N) is 3. The van der Waals surface area contributed by atoms with E-state index < -0.39 is 23.2 Å². The highest BCUT2D eigenvalue weighted by Gasteiger charge is 2.48. The Balaban J connectivity index is 1.61. The van der Waals surface area contributed by atoms with Crippen LogP contribution >= 0.6 is 0 Å². The molecule has 2 fully saturated rings. The number of carboxylic acids is 1. The van der Waals surface area contributed by atoms with Crippen molar-refractivity contribution >= 4 is 23.0 Å². The van der Waals surface area contributed by atoms with Gasteiger partial charge in [-0.15, -0.1) is 0 Å². The average Bonchev–Trinajstić information content (AvgIpc) is 3.43. The summed E-state index contributed by atoms with van der Waals surface area (Å²) < 4.78 is 13.1. The second-order valence-corrected chi connectivity index (χ2v) is 10.3. The fourth-order valence-corrected chi connectivity index (χ4v) is 4.66. The molecule has 5 rings (SSSR count). The monoisotopic (exact) mass is 478 g/mol. The van der Waals surface area contributed by atoms with Gasteiger partial charge in [0, 0.05) is 23.8 Å². The number of rotatable bonds is 5. The summed E-state index contributed by atoms with van der Waals surface area (Å²) in [4.78, 5) is 29.0. The lowest BCUT2D eigenvalue weighted by atomic mass is 9.95. The van der Waals surface area contributed by atoms with E-state index >= 15 is 0 Å². The Morgan fingerprint density at radius 1 is 1.23 bits per heavy atom. The van der Waals surface area contributed by atoms with E-state index in [9.17, 15) is 14.7 Å². The first-order valence-electron chi connectivity index (χ1n) is 12.0. The maximum atomic E-state index is 12.7. The minimum atomic E-state index is -1.09. The van der Waals surface area contributed by atoms with E-state index in [0.717, 1.165) is 54.1 Å². The predicted octanol–water partition coefficient (Wildman–Crippen LogP) is 5.01. The molecule has 1 saturated heterocycles. The maximum Gasteiger partial charge on any atom is 0.408 e. The number of carbonyl (C=O) groups excluding carboxylic acids is 1. The number of aromatic carboxylic acids is 1. The topological polar surface area (TPSA) is 116 Å². The largest absolute Gasteiger partial charge is 0.476 e. The minimum absolute atomic E-state index is 0.0372. The molecule has 1 aliphatic carbocycles. The fourth-order valence-electron chi connectivity index (χ4n) is 4.66. The van der Waals surface area contributed by atoms with Crippen LogP contribution in [0.15, 0.2) is 36.5 Å². The van der Waals surface area contributed by atoms with Crippen LogP contribution in [-0.4, -0.2) is 44.1 Å². The molecule has 9 heteroatoms. The van der Waals surface area contributed by atoms with Crippen molar-refractivity contribution in [2.45, 2.75) is 70.2 Å². The number of alkyl carbamates (subject to hydrolysis) is 1. The zero-order chi connectivity index (χ0) is 24.8. The van der Waals surface area contributed by atoms with Crippen molar-refractivity contribution < 1.29 is 24.2 Å². The standard InChI is InChI=1S/C26H30N4O5/c1-25(2,3)35-24(33)28-26(9-10-26)18-13-16(14-19-17(18)7-6-11-27-19)21-15-20(23(31)32)29-30(21)22-8-4-5-12-34-22/h6-7,11,13-15,22H,4-5,8-10,12H2,1-3H3,(H,28,33)(H,31,32). The molecule has 2 N–H and O–H groups in total. The summed E-state index contributed by atoms with van der Waals surface area (Å²) in [5, 5.41) is 18.0. The summed E-state index contributed by atoms with van der Waals surface area (Å²) in [7, 11) is 0. The van der Waals surface area contributed by atoms with Gasteiger partial charge in [0.25, 0.3) is 0 Å². The lowest BCUT2D eigenvalue weighted by Crippen LogP contribution is -2.39. The Kier molecular flexibility index (Phi) is 5.75. The highest BCUT2D eigenvalue weighted by atomic mass is 16.6. The van der Waals surface area contributed by atoms with Crippen molar-refractivity contribution in [3.05, 3.63) is 47.8 Å². The number of hydrogen-bond donors (Lipinski definition) is 2. The molecule has 35 heavy (non-hydrogen) atoms. The van der Waals surface area contributed by atoms with E-state index in [1.54, 1.807) is 16.9 Å². The molecule has 2 aliphatic rings. The molecular weight excluding hydrogens is 448 g/mol. The predicted molar refractivity (Wildman–Crippen MR) is 129 cm³/mol. The van der Waals surface area contributed by atoms with Gasteiger partial charge in [-0.1, -0.05) is 6.07 Å². The molecule has 1 amide bonds. The van der Waals surface area contributed by atoms with Crippen LogP contribution in [0.1, 0.15) is 75.2 Å². The van der Waals surface area contributed by atoms with Gasteiger partial charge in [0.1, 0.15) is 5.60 Å². The summed E-state index contributed by atoms with van der Waals surface area (Å²) in [5.41, 5.74) is 1.90. The van der Waals surface area contributed by atoms with Crippen molar-refractivity contribution in [1.82, 2.24) is 20.1 Å². The second-order valence-electron chi connectivity index (χ2n) is 10.3. The third kappa shape index (κ3) is 4.73. The molecule has 0 spiro atoms. The van der Waals surface area contributed by atoms with Gasteiger partial charge in [-0.3, -0.25) is 4.98 Å². The molecule has 3 aromatic rings. The lowest BCUT2D eigenvalue weighted by molar-refractivity contribution is -0.0385. The van der Waals surface area contributed by atoms with Gasteiger partial charge in [-0.05, 0) is 82.7 Å². The van der Waals surface area contributed by atoms with Gasteiger partial charge in [0.15, 0.2) is 11.9 Å². The number of benzene rings is 1. The third-order valence-corrected chi connectivity index (χ3v) is 6.41. The van der Waals surface area contributed by atoms with E-state index in [2.05, 4.69) is 15.4 Å². The first-order valence-corrected chi connectivity index (χ1v) is 12.0. The number of fused-ring (bicyclic) bond motifs is 1. The molecule has 1 saturated carbocycles. The molecule has 184 valence electrons. The van der Waals surface area contributed by atoms with E-state index in [0.29, 0.717) is 12.3 Å². The Bertz CT molecular complexity index is 1280. The Morgan fingerprint density at radius 2 is 2.03 bits per heavy atom. The Morgan fingerprint density at radius 3 is 2.69 bits per heavy atom. The number of amides is 1. The smallest absolute Gasteiger partial charge is 0.408 e. The summed E-state index contributed by atoms with van der Waals surface area (Å²) in [6.45, 7) is 6.11. The number of ether oxygens (including phenoxy) is 2. The van der Waals surface area contributed by atoms with E-state index in [1.165, 1.54) is 0 Å². The highest BCUT2D eigenvalue weighted by Crippen LogP contribution is 2.49. The fraction of sp³-hybridized carbons (Fsp3) is 0.462. The van der Waals surface area contributed by atoms with Crippen LogP contribution in [-0.2, 0) is 15.0 Å². The SMILES string of the molecule is CC(C)(C)OC(=O)NC1(c2cc(-c3cc(C(=O)O)nn3C3CCCCO3)cc3ncccc23)CC1. The first-order chi connectivity index (χ1) is 16.7. The van der Waals surface area contributed by atoms with Crippen LogP contribution in [0.5, 0.6) is 0 Å². The molecule has 0 bridgehead atoms. The van der Waals surface area contributed by atoms with Crippen molar-refractivity contribution in [3.63, 3.8) is 0 Å². The maximum absolute atomic E-state index is 12.7. The molecule has 1 atom stereocenters.